The molecule has 1 amide bonds. The van der Waals surface area contributed by atoms with Crippen LogP contribution in [0.25, 0.3) is 0 Å². The SMILES string of the molecule is CN(C)S(=O)(=O)N1CCCC(C(=O)NCCSCc2ccc(Cl)c(Cl)c2)C1. The molecule has 152 valence electrons. The maximum absolute atomic E-state index is 12.4. The van der Waals surface area contributed by atoms with Gasteiger partial charge in [0.1, 0.15) is 0 Å². The van der Waals surface area contributed by atoms with Crippen LogP contribution < -0.4 is 5.32 Å². The van der Waals surface area contributed by atoms with Gasteiger partial charge < -0.3 is 5.32 Å². The van der Waals surface area contributed by atoms with Crippen molar-refractivity contribution in [2.24, 2.45) is 5.92 Å². The standard InChI is InChI=1S/C17H25Cl2N3O3S2/c1-21(2)27(24,25)22-8-3-4-14(11-22)17(23)20-7-9-26-12-13-5-6-15(18)16(19)10-13/h5-6,10,14H,3-4,7-9,11-12H2,1-2H3,(H,20,23). The Bertz CT molecular complexity index is 760. The molecule has 1 unspecified atom stereocenters. The molecular formula is C17H25Cl2N3O3S2. The monoisotopic (exact) mass is 453 g/mol. The molecule has 0 aromatic heterocycles. The van der Waals surface area contributed by atoms with Gasteiger partial charge in [-0.3, -0.25) is 4.79 Å². The van der Waals surface area contributed by atoms with Crippen LogP contribution in [0.2, 0.25) is 10.0 Å². The van der Waals surface area contributed by atoms with Gasteiger partial charge in [-0.2, -0.15) is 28.8 Å². The zero-order valence-corrected chi connectivity index (χ0v) is 18.6. The van der Waals surface area contributed by atoms with E-state index in [1.54, 1.807) is 17.8 Å². The molecule has 0 bridgehead atoms. The third kappa shape index (κ3) is 6.51. The highest BCUT2D eigenvalue weighted by molar-refractivity contribution is 7.98. The first-order valence-corrected chi connectivity index (χ1v) is 12.0. The van der Waals surface area contributed by atoms with Gasteiger partial charge in [-0.05, 0) is 30.5 Å². The summed E-state index contributed by atoms with van der Waals surface area (Å²) < 4.78 is 27.0. The first kappa shape index (κ1) is 22.8. The number of amides is 1. The minimum absolute atomic E-state index is 0.0798. The Morgan fingerprint density at radius 2 is 2.07 bits per heavy atom. The fourth-order valence-electron chi connectivity index (χ4n) is 2.81. The lowest BCUT2D eigenvalue weighted by Crippen LogP contribution is -2.49. The van der Waals surface area contributed by atoms with E-state index in [0.717, 1.165) is 17.1 Å². The zero-order chi connectivity index (χ0) is 20.0. The smallest absolute Gasteiger partial charge is 0.281 e. The van der Waals surface area contributed by atoms with E-state index in [1.807, 2.05) is 12.1 Å². The van der Waals surface area contributed by atoms with E-state index >= 15 is 0 Å². The molecule has 0 saturated carbocycles. The van der Waals surface area contributed by atoms with Crippen LogP contribution in [0.15, 0.2) is 18.2 Å². The highest BCUT2D eigenvalue weighted by Crippen LogP contribution is 2.24. The van der Waals surface area contributed by atoms with E-state index in [0.29, 0.717) is 36.0 Å². The van der Waals surface area contributed by atoms with Crippen LogP contribution >= 0.6 is 35.0 Å². The summed E-state index contributed by atoms with van der Waals surface area (Å²) in [5.41, 5.74) is 1.08. The van der Waals surface area contributed by atoms with Crippen LogP contribution in [-0.2, 0) is 20.8 Å². The molecule has 10 heteroatoms. The second-order valence-corrected chi connectivity index (χ2v) is 10.6. The molecule has 1 atom stereocenters. The van der Waals surface area contributed by atoms with Gasteiger partial charge in [-0.15, -0.1) is 0 Å². The van der Waals surface area contributed by atoms with E-state index in [-0.39, 0.29) is 18.4 Å². The predicted molar refractivity (Wildman–Crippen MR) is 113 cm³/mol. The second kappa shape index (κ2) is 10.3. The normalized spacial score (nSPS) is 18.6. The first-order valence-electron chi connectivity index (χ1n) is 8.69. The lowest BCUT2D eigenvalue weighted by atomic mass is 9.99. The summed E-state index contributed by atoms with van der Waals surface area (Å²) in [4.78, 5) is 12.4. The molecule has 1 aliphatic heterocycles. The molecule has 0 radical (unpaired) electrons. The predicted octanol–water partition coefficient (Wildman–Crippen LogP) is 2.86. The van der Waals surface area contributed by atoms with Gasteiger partial charge in [0.25, 0.3) is 10.2 Å². The topological polar surface area (TPSA) is 69.7 Å². The Morgan fingerprint density at radius 3 is 2.74 bits per heavy atom. The second-order valence-electron chi connectivity index (χ2n) is 6.58. The Morgan fingerprint density at radius 1 is 1.33 bits per heavy atom. The van der Waals surface area contributed by atoms with Crippen LogP contribution in [0.3, 0.4) is 0 Å². The molecule has 1 aromatic rings. The molecule has 2 rings (SSSR count). The highest BCUT2D eigenvalue weighted by atomic mass is 35.5. The summed E-state index contributed by atoms with van der Waals surface area (Å²) in [5, 5.41) is 4.00. The van der Waals surface area contributed by atoms with Crippen molar-refractivity contribution in [1.29, 1.82) is 0 Å². The number of carbonyl (C=O) groups excluding carboxylic acids is 1. The van der Waals surface area contributed by atoms with E-state index in [4.69, 9.17) is 23.2 Å². The number of hydrogen-bond donors (Lipinski definition) is 1. The molecule has 27 heavy (non-hydrogen) atoms. The van der Waals surface area contributed by atoms with Crippen molar-refractivity contribution in [3.63, 3.8) is 0 Å². The van der Waals surface area contributed by atoms with Gasteiger partial charge in [-0.25, -0.2) is 0 Å². The number of thioether (sulfide) groups is 1. The fourth-order valence-corrected chi connectivity index (χ4v) is 5.12. The molecule has 1 aliphatic rings. The number of benzene rings is 1. The van der Waals surface area contributed by atoms with E-state index in [1.165, 1.54) is 22.7 Å². The maximum atomic E-state index is 12.4. The average Bonchev–Trinajstić information content (AvgIpc) is 2.64. The summed E-state index contributed by atoms with van der Waals surface area (Å²) in [7, 11) is -0.462. The zero-order valence-electron chi connectivity index (χ0n) is 15.5. The number of rotatable bonds is 8. The van der Waals surface area contributed by atoms with Gasteiger partial charge in [-0.1, -0.05) is 29.3 Å². The maximum Gasteiger partial charge on any atom is 0.281 e. The van der Waals surface area contributed by atoms with E-state index in [2.05, 4.69) is 5.32 Å². The number of halogens is 2. The van der Waals surface area contributed by atoms with Gasteiger partial charge >= 0.3 is 0 Å². The molecule has 0 spiro atoms. The van der Waals surface area contributed by atoms with E-state index < -0.39 is 10.2 Å². The van der Waals surface area contributed by atoms with Gasteiger partial charge in [0, 0.05) is 45.2 Å². The van der Waals surface area contributed by atoms with Crippen LogP contribution in [0.5, 0.6) is 0 Å². The van der Waals surface area contributed by atoms with Crippen LogP contribution in [0.4, 0.5) is 0 Å². The van der Waals surface area contributed by atoms with Crippen molar-refractivity contribution in [2.45, 2.75) is 18.6 Å². The number of hydrogen-bond acceptors (Lipinski definition) is 4. The Hall–Kier alpha value is -0.510. The molecule has 1 aromatic carbocycles. The average molecular weight is 454 g/mol. The Balaban J connectivity index is 1.73. The molecule has 1 saturated heterocycles. The summed E-state index contributed by atoms with van der Waals surface area (Å²) in [6.45, 7) is 1.24. The Labute approximate surface area is 175 Å². The molecule has 1 N–H and O–H groups in total. The number of piperidine rings is 1. The molecule has 1 fully saturated rings. The summed E-state index contributed by atoms with van der Waals surface area (Å²) in [6.07, 6.45) is 1.40. The number of nitrogens with one attached hydrogen (secondary N) is 1. The van der Waals surface area contributed by atoms with Crippen molar-refractivity contribution < 1.29 is 13.2 Å². The van der Waals surface area contributed by atoms with Crippen molar-refractivity contribution in [1.82, 2.24) is 13.9 Å². The Kier molecular flexibility index (Phi) is 8.70. The minimum atomic E-state index is -3.47. The summed E-state index contributed by atoms with van der Waals surface area (Å²) in [5.74, 6) is 1.17. The van der Waals surface area contributed by atoms with Crippen LogP contribution in [0, 0.1) is 5.92 Å². The lowest BCUT2D eigenvalue weighted by molar-refractivity contribution is -0.125. The third-order valence-corrected chi connectivity index (χ3v) is 8.02. The van der Waals surface area contributed by atoms with Gasteiger partial charge in [0.2, 0.25) is 5.91 Å². The van der Waals surface area contributed by atoms with Crippen molar-refractivity contribution in [3.8, 4) is 0 Å². The van der Waals surface area contributed by atoms with Crippen molar-refractivity contribution >= 4 is 51.1 Å². The van der Waals surface area contributed by atoms with E-state index in [9.17, 15) is 13.2 Å². The lowest BCUT2D eigenvalue weighted by Gasteiger charge is -2.32. The van der Waals surface area contributed by atoms with Crippen LogP contribution in [-0.4, -0.2) is 62.4 Å². The van der Waals surface area contributed by atoms with Gasteiger partial charge in [0.15, 0.2) is 0 Å². The minimum Gasteiger partial charge on any atom is -0.355 e. The molecule has 6 nitrogen and oxygen atoms in total. The third-order valence-electron chi connectivity index (χ3n) is 4.34. The number of nitrogens with zero attached hydrogens (tertiary/aromatic N) is 2. The van der Waals surface area contributed by atoms with Crippen molar-refractivity contribution in [2.75, 3.05) is 39.5 Å². The molecular weight excluding hydrogens is 429 g/mol. The largest absolute Gasteiger partial charge is 0.355 e. The number of carbonyl (C=O) groups is 1. The highest BCUT2D eigenvalue weighted by Gasteiger charge is 2.33. The van der Waals surface area contributed by atoms with Crippen molar-refractivity contribution in [3.05, 3.63) is 33.8 Å². The first-order chi connectivity index (χ1) is 12.7. The summed E-state index contributed by atoms with van der Waals surface area (Å²) in [6, 6.07) is 5.55. The summed E-state index contributed by atoms with van der Waals surface area (Å²) >= 11 is 13.6. The molecule has 0 aliphatic carbocycles. The quantitative estimate of drug-likeness (QED) is 0.614. The fraction of sp³-hybridized carbons (Fsp3) is 0.588. The molecule has 1 heterocycles. The van der Waals surface area contributed by atoms with Crippen LogP contribution in [0.1, 0.15) is 18.4 Å². The van der Waals surface area contributed by atoms with Gasteiger partial charge in [0.05, 0.1) is 16.0 Å².